The summed E-state index contributed by atoms with van der Waals surface area (Å²) in [7, 11) is 0. The van der Waals surface area contributed by atoms with Crippen LogP contribution in [-0.4, -0.2) is 29.0 Å². The molecule has 2 rings (SSSR count). The summed E-state index contributed by atoms with van der Waals surface area (Å²) < 4.78 is 0. The van der Waals surface area contributed by atoms with E-state index in [4.69, 9.17) is 0 Å². The zero-order chi connectivity index (χ0) is 13.9. The van der Waals surface area contributed by atoms with Gasteiger partial charge < -0.3 is 10.2 Å². The molecule has 5 nitrogen and oxygen atoms in total. The maximum Gasteiger partial charge on any atom is 0.229 e. The zero-order valence-corrected chi connectivity index (χ0v) is 11.9. The molecule has 0 spiro atoms. The molecule has 1 saturated heterocycles. The van der Waals surface area contributed by atoms with E-state index in [9.17, 15) is 4.79 Å². The highest BCUT2D eigenvalue weighted by atomic mass is 16.2. The van der Waals surface area contributed by atoms with Crippen LogP contribution in [0.15, 0.2) is 12.4 Å². The van der Waals surface area contributed by atoms with Crippen LogP contribution >= 0.6 is 0 Å². The van der Waals surface area contributed by atoms with Crippen molar-refractivity contribution in [2.45, 2.75) is 40.0 Å². The lowest BCUT2D eigenvalue weighted by atomic mass is 9.96. The predicted molar refractivity (Wildman–Crippen MR) is 76.2 cm³/mol. The first kappa shape index (κ1) is 13.8. The third kappa shape index (κ3) is 3.66. The van der Waals surface area contributed by atoms with Gasteiger partial charge in [0.25, 0.3) is 0 Å². The number of nitrogens with zero attached hydrogens (tertiary/aromatic N) is 3. The van der Waals surface area contributed by atoms with Crippen molar-refractivity contribution in [1.82, 2.24) is 9.97 Å². The number of carbonyl (C=O) groups is 1. The highest BCUT2D eigenvalue weighted by Gasteiger charge is 2.21. The number of rotatable bonds is 2. The Bertz CT molecular complexity index is 430. The molecule has 2 heterocycles. The van der Waals surface area contributed by atoms with Crippen LogP contribution in [0, 0.1) is 5.41 Å². The second kappa shape index (κ2) is 5.55. The SMILES string of the molecule is CC(C)(C)C(=O)Nc1cnc(N2CCCCC2)nc1. The van der Waals surface area contributed by atoms with Crippen LogP contribution in [0.4, 0.5) is 11.6 Å². The topological polar surface area (TPSA) is 58.1 Å². The average Bonchev–Trinajstić information content (AvgIpc) is 2.39. The zero-order valence-electron chi connectivity index (χ0n) is 11.9. The first-order chi connectivity index (χ1) is 8.97. The summed E-state index contributed by atoms with van der Waals surface area (Å²) in [6.07, 6.45) is 7.05. The summed E-state index contributed by atoms with van der Waals surface area (Å²) in [5.41, 5.74) is 0.242. The fraction of sp³-hybridized carbons (Fsp3) is 0.643. The number of amides is 1. The molecule has 0 saturated carbocycles. The monoisotopic (exact) mass is 262 g/mol. The number of anilines is 2. The van der Waals surface area contributed by atoms with Crippen molar-refractivity contribution in [1.29, 1.82) is 0 Å². The van der Waals surface area contributed by atoms with Crippen molar-refractivity contribution in [3.05, 3.63) is 12.4 Å². The minimum Gasteiger partial charge on any atom is -0.341 e. The van der Waals surface area contributed by atoms with Crippen LogP contribution in [0.1, 0.15) is 40.0 Å². The minimum absolute atomic E-state index is 0.0261. The average molecular weight is 262 g/mol. The van der Waals surface area contributed by atoms with Crippen molar-refractivity contribution < 1.29 is 4.79 Å². The molecule has 0 atom stereocenters. The Labute approximate surface area is 114 Å². The second-order valence-electron chi connectivity index (χ2n) is 6.02. The summed E-state index contributed by atoms with van der Waals surface area (Å²) in [6.45, 7) is 7.68. The van der Waals surface area contributed by atoms with Crippen molar-refractivity contribution in [3.63, 3.8) is 0 Å². The highest BCUT2D eigenvalue weighted by molar-refractivity contribution is 5.94. The second-order valence-corrected chi connectivity index (χ2v) is 6.02. The predicted octanol–water partition coefficient (Wildman–Crippen LogP) is 2.45. The molecule has 1 aromatic heterocycles. The molecule has 0 aromatic carbocycles. The van der Waals surface area contributed by atoms with Crippen molar-refractivity contribution in [3.8, 4) is 0 Å². The van der Waals surface area contributed by atoms with Gasteiger partial charge >= 0.3 is 0 Å². The smallest absolute Gasteiger partial charge is 0.229 e. The van der Waals surface area contributed by atoms with Gasteiger partial charge in [0.1, 0.15) is 0 Å². The van der Waals surface area contributed by atoms with Crippen LogP contribution < -0.4 is 10.2 Å². The quantitative estimate of drug-likeness (QED) is 0.889. The van der Waals surface area contributed by atoms with Crippen LogP contribution in [-0.2, 0) is 4.79 Å². The Hall–Kier alpha value is -1.65. The molecule has 104 valence electrons. The lowest BCUT2D eigenvalue weighted by molar-refractivity contribution is -0.123. The molecule has 0 radical (unpaired) electrons. The Kier molecular flexibility index (Phi) is 4.02. The van der Waals surface area contributed by atoms with Gasteiger partial charge in [-0.2, -0.15) is 0 Å². The van der Waals surface area contributed by atoms with E-state index in [0.717, 1.165) is 19.0 Å². The molecule has 0 bridgehead atoms. The molecule has 19 heavy (non-hydrogen) atoms. The van der Waals surface area contributed by atoms with E-state index < -0.39 is 5.41 Å². The summed E-state index contributed by atoms with van der Waals surface area (Å²) in [5, 5.41) is 2.83. The van der Waals surface area contributed by atoms with Crippen molar-refractivity contribution in [2.24, 2.45) is 5.41 Å². The highest BCUT2D eigenvalue weighted by Crippen LogP contribution is 2.18. The first-order valence-corrected chi connectivity index (χ1v) is 6.85. The third-order valence-electron chi connectivity index (χ3n) is 3.22. The van der Waals surface area contributed by atoms with Crippen molar-refractivity contribution in [2.75, 3.05) is 23.3 Å². The fourth-order valence-corrected chi connectivity index (χ4v) is 1.96. The summed E-state index contributed by atoms with van der Waals surface area (Å²) >= 11 is 0. The van der Waals surface area contributed by atoms with E-state index in [2.05, 4.69) is 20.2 Å². The maximum absolute atomic E-state index is 11.8. The third-order valence-corrected chi connectivity index (χ3v) is 3.22. The summed E-state index contributed by atoms with van der Waals surface area (Å²) in [4.78, 5) is 22.7. The first-order valence-electron chi connectivity index (χ1n) is 6.85. The van der Waals surface area contributed by atoms with E-state index in [0.29, 0.717) is 5.69 Å². The minimum atomic E-state index is -0.411. The standard InChI is InChI=1S/C14H22N4O/c1-14(2,3)12(19)17-11-9-15-13(16-10-11)18-7-5-4-6-8-18/h9-10H,4-8H2,1-3H3,(H,17,19). The van der Waals surface area contributed by atoms with E-state index in [-0.39, 0.29) is 5.91 Å². The molecule has 1 N–H and O–H groups in total. The van der Waals surface area contributed by atoms with Crippen LogP contribution in [0.5, 0.6) is 0 Å². The number of aromatic nitrogens is 2. The molecule has 1 fully saturated rings. The Morgan fingerprint density at radius 2 is 1.74 bits per heavy atom. The molecule has 1 amide bonds. The van der Waals surface area contributed by atoms with Gasteiger partial charge in [0.2, 0.25) is 11.9 Å². The van der Waals surface area contributed by atoms with Gasteiger partial charge in [0.15, 0.2) is 0 Å². The molecular formula is C14H22N4O. The van der Waals surface area contributed by atoms with E-state index in [1.54, 1.807) is 12.4 Å². The summed E-state index contributed by atoms with van der Waals surface area (Å²) in [5.74, 6) is 0.732. The Morgan fingerprint density at radius 3 is 2.26 bits per heavy atom. The maximum atomic E-state index is 11.8. The number of hydrogen-bond acceptors (Lipinski definition) is 4. The molecule has 1 aliphatic heterocycles. The molecule has 0 unspecified atom stereocenters. The summed E-state index contributed by atoms with van der Waals surface area (Å²) in [6, 6.07) is 0. The normalized spacial score (nSPS) is 16.3. The molecular weight excluding hydrogens is 240 g/mol. The number of hydrogen-bond donors (Lipinski definition) is 1. The molecule has 1 aliphatic rings. The lowest BCUT2D eigenvalue weighted by Gasteiger charge is -2.26. The van der Waals surface area contributed by atoms with Gasteiger partial charge in [0.05, 0.1) is 18.1 Å². The lowest BCUT2D eigenvalue weighted by Crippen LogP contribution is -2.31. The van der Waals surface area contributed by atoms with Gasteiger partial charge in [-0.3, -0.25) is 4.79 Å². The van der Waals surface area contributed by atoms with E-state index in [1.165, 1.54) is 19.3 Å². The van der Waals surface area contributed by atoms with Gasteiger partial charge in [-0.15, -0.1) is 0 Å². The van der Waals surface area contributed by atoms with E-state index >= 15 is 0 Å². The largest absolute Gasteiger partial charge is 0.341 e. The van der Waals surface area contributed by atoms with Gasteiger partial charge in [-0.1, -0.05) is 20.8 Å². The van der Waals surface area contributed by atoms with Crippen LogP contribution in [0.3, 0.4) is 0 Å². The molecule has 1 aromatic rings. The Balaban J connectivity index is 2.00. The van der Waals surface area contributed by atoms with Gasteiger partial charge in [0, 0.05) is 18.5 Å². The molecule has 5 heteroatoms. The van der Waals surface area contributed by atoms with Crippen molar-refractivity contribution >= 4 is 17.5 Å². The number of nitrogens with one attached hydrogen (secondary N) is 1. The molecule has 0 aliphatic carbocycles. The Morgan fingerprint density at radius 1 is 1.16 bits per heavy atom. The number of carbonyl (C=O) groups excluding carboxylic acids is 1. The van der Waals surface area contributed by atoms with Gasteiger partial charge in [-0.05, 0) is 19.3 Å². The van der Waals surface area contributed by atoms with Gasteiger partial charge in [-0.25, -0.2) is 9.97 Å². The number of piperidine rings is 1. The van der Waals surface area contributed by atoms with Crippen LogP contribution in [0.2, 0.25) is 0 Å². The fourth-order valence-electron chi connectivity index (χ4n) is 1.96. The van der Waals surface area contributed by atoms with E-state index in [1.807, 2.05) is 20.8 Å². The van der Waals surface area contributed by atoms with Crippen LogP contribution in [0.25, 0.3) is 0 Å².